The maximum absolute atomic E-state index is 12.7. The SMILES string of the molecule is CCN(CC)S(=O)(=O)c1cccc(C(=O)Nc2ccc3oc(C)nc3c2)c1. The van der Waals surface area contributed by atoms with Crippen LogP contribution in [-0.4, -0.2) is 36.7 Å². The monoisotopic (exact) mass is 387 g/mol. The first kappa shape index (κ1) is 19.1. The van der Waals surface area contributed by atoms with E-state index in [1.165, 1.54) is 16.4 Å². The first-order chi connectivity index (χ1) is 12.8. The van der Waals surface area contributed by atoms with Crippen LogP contribution in [0.25, 0.3) is 11.1 Å². The van der Waals surface area contributed by atoms with Gasteiger partial charge in [-0.25, -0.2) is 13.4 Å². The van der Waals surface area contributed by atoms with Gasteiger partial charge in [0.05, 0.1) is 4.90 Å². The van der Waals surface area contributed by atoms with Crippen molar-refractivity contribution in [1.29, 1.82) is 0 Å². The lowest BCUT2D eigenvalue weighted by molar-refractivity contribution is 0.102. The molecule has 0 aliphatic heterocycles. The molecule has 0 saturated carbocycles. The van der Waals surface area contributed by atoms with E-state index in [0.717, 1.165) is 0 Å². The summed E-state index contributed by atoms with van der Waals surface area (Å²) in [7, 11) is -3.63. The largest absolute Gasteiger partial charge is 0.441 e. The molecule has 0 radical (unpaired) electrons. The summed E-state index contributed by atoms with van der Waals surface area (Å²) in [6.45, 7) is 6.04. The van der Waals surface area contributed by atoms with E-state index in [2.05, 4.69) is 10.3 Å². The second-order valence-corrected chi connectivity index (χ2v) is 7.92. The highest BCUT2D eigenvalue weighted by Crippen LogP contribution is 2.21. The molecule has 0 atom stereocenters. The molecule has 0 aliphatic rings. The van der Waals surface area contributed by atoms with Gasteiger partial charge in [-0.15, -0.1) is 0 Å². The van der Waals surface area contributed by atoms with Crippen LogP contribution < -0.4 is 5.32 Å². The number of oxazole rings is 1. The third-order valence-electron chi connectivity index (χ3n) is 4.19. The van der Waals surface area contributed by atoms with Crippen molar-refractivity contribution < 1.29 is 17.6 Å². The first-order valence-corrected chi connectivity index (χ1v) is 10.1. The van der Waals surface area contributed by atoms with Gasteiger partial charge in [0, 0.05) is 31.3 Å². The zero-order valence-electron chi connectivity index (χ0n) is 15.4. The van der Waals surface area contributed by atoms with Crippen LogP contribution >= 0.6 is 0 Å². The maximum atomic E-state index is 12.7. The second-order valence-electron chi connectivity index (χ2n) is 5.99. The van der Waals surface area contributed by atoms with Crippen LogP contribution in [0.15, 0.2) is 51.8 Å². The Morgan fingerprint density at radius 2 is 1.89 bits per heavy atom. The molecule has 0 spiro atoms. The molecule has 27 heavy (non-hydrogen) atoms. The smallest absolute Gasteiger partial charge is 0.255 e. The number of nitrogens with one attached hydrogen (secondary N) is 1. The Hall–Kier alpha value is -2.71. The predicted octanol–water partition coefficient (Wildman–Crippen LogP) is 3.42. The summed E-state index contributed by atoms with van der Waals surface area (Å²) in [6, 6.07) is 11.2. The van der Waals surface area contributed by atoms with Crippen LogP contribution in [0.4, 0.5) is 5.69 Å². The highest BCUT2D eigenvalue weighted by Gasteiger charge is 2.22. The van der Waals surface area contributed by atoms with Crippen molar-refractivity contribution >= 4 is 32.7 Å². The average Bonchev–Trinajstić information content (AvgIpc) is 3.02. The number of carbonyl (C=O) groups is 1. The van der Waals surface area contributed by atoms with Crippen molar-refractivity contribution in [3.63, 3.8) is 0 Å². The summed E-state index contributed by atoms with van der Waals surface area (Å²) in [6.07, 6.45) is 0. The fourth-order valence-corrected chi connectivity index (χ4v) is 4.34. The Labute approximate surface area is 158 Å². The van der Waals surface area contributed by atoms with Crippen LogP contribution in [0.3, 0.4) is 0 Å². The lowest BCUT2D eigenvalue weighted by atomic mass is 10.2. The topological polar surface area (TPSA) is 92.5 Å². The molecule has 3 aromatic rings. The molecule has 0 unspecified atom stereocenters. The van der Waals surface area contributed by atoms with E-state index in [-0.39, 0.29) is 10.5 Å². The molecule has 7 nitrogen and oxygen atoms in total. The Bertz CT molecular complexity index is 1090. The van der Waals surface area contributed by atoms with Gasteiger partial charge in [0.25, 0.3) is 5.91 Å². The Kier molecular flexibility index (Phi) is 5.29. The molecule has 0 bridgehead atoms. The van der Waals surface area contributed by atoms with Crippen molar-refractivity contribution in [2.75, 3.05) is 18.4 Å². The number of anilines is 1. The van der Waals surface area contributed by atoms with Gasteiger partial charge in [-0.1, -0.05) is 19.9 Å². The normalized spacial score (nSPS) is 11.9. The molecule has 0 saturated heterocycles. The van der Waals surface area contributed by atoms with Crippen molar-refractivity contribution in [2.24, 2.45) is 0 Å². The van der Waals surface area contributed by atoms with Gasteiger partial charge >= 0.3 is 0 Å². The van der Waals surface area contributed by atoms with E-state index in [1.54, 1.807) is 51.1 Å². The van der Waals surface area contributed by atoms with Crippen molar-refractivity contribution in [2.45, 2.75) is 25.7 Å². The van der Waals surface area contributed by atoms with E-state index >= 15 is 0 Å². The zero-order chi connectivity index (χ0) is 19.6. The number of hydrogen-bond donors (Lipinski definition) is 1. The zero-order valence-corrected chi connectivity index (χ0v) is 16.2. The third kappa shape index (κ3) is 3.86. The number of aromatic nitrogens is 1. The van der Waals surface area contributed by atoms with Crippen LogP contribution in [0.1, 0.15) is 30.1 Å². The summed E-state index contributed by atoms with van der Waals surface area (Å²) in [5, 5.41) is 2.77. The van der Waals surface area contributed by atoms with Gasteiger partial charge < -0.3 is 9.73 Å². The fourth-order valence-electron chi connectivity index (χ4n) is 2.83. The molecule has 0 aliphatic carbocycles. The molecule has 1 N–H and O–H groups in total. The molecule has 0 fully saturated rings. The van der Waals surface area contributed by atoms with E-state index in [0.29, 0.717) is 35.8 Å². The summed E-state index contributed by atoms with van der Waals surface area (Å²) < 4.78 is 32.1. The number of sulfonamides is 1. The van der Waals surface area contributed by atoms with Gasteiger partial charge in [-0.05, 0) is 36.4 Å². The molecule has 2 aromatic carbocycles. The fraction of sp³-hybridized carbons (Fsp3) is 0.263. The van der Waals surface area contributed by atoms with Crippen molar-refractivity contribution in [3.05, 3.63) is 53.9 Å². The molecule has 1 aromatic heterocycles. The number of amides is 1. The molecule has 1 amide bonds. The Morgan fingerprint density at radius 1 is 1.15 bits per heavy atom. The predicted molar refractivity (Wildman–Crippen MR) is 103 cm³/mol. The summed E-state index contributed by atoms with van der Waals surface area (Å²) in [4.78, 5) is 16.9. The number of benzene rings is 2. The average molecular weight is 387 g/mol. The molecule has 142 valence electrons. The lowest BCUT2D eigenvalue weighted by Crippen LogP contribution is -2.30. The summed E-state index contributed by atoms with van der Waals surface area (Å²) >= 11 is 0. The van der Waals surface area contributed by atoms with Crippen LogP contribution in [0, 0.1) is 6.92 Å². The van der Waals surface area contributed by atoms with Gasteiger partial charge in [0.2, 0.25) is 10.0 Å². The molecule has 8 heteroatoms. The van der Waals surface area contributed by atoms with Gasteiger partial charge in [-0.3, -0.25) is 4.79 Å². The van der Waals surface area contributed by atoms with Gasteiger partial charge in [-0.2, -0.15) is 4.31 Å². The van der Waals surface area contributed by atoms with E-state index in [9.17, 15) is 13.2 Å². The van der Waals surface area contributed by atoms with Crippen molar-refractivity contribution in [1.82, 2.24) is 9.29 Å². The van der Waals surface area contributed by atoms with Crippen molar-refractivity contribution in [3.8, 4) is 0 Å². The third-order valence-corrected chi connectivity index (χ3v) is 6.24. The highest BCUT2D eigenvalue weighted by molar-refractivity contribution is 7.89. The molecular formula is C19H21N3O4S. The van der Waals surface area contributed by atoms with Crippen LogP contribution in [-0.2, 0) is 10.0 Å². The second kappa shape index (κ2) is 7.50. The number of aryl methyl sites for hydroxylation is 1. The Balaban J connectivity index is 1.86. The van der Waals surface area contributed by atoms with Crippen LogP contribution in [0.2, 0.25) is 0 Å². The summed E-state index contributed by atoms with van der Waals surface area (Å²) in [5.74, 6) is 0.147. The number of carbonyl (C=O) groups excluding carboxylic acids is 1. The molecule has 1 heterocycles. The quantitative estimate of drug-likeness (QED) is 0.700. The minimum atomic E-state index is -3.63. The standard InChI is InChI=1S/C19H21N3O4S/c1-4-22(5-2)27(24,25)16-8-6-7-14(11-16)19(23)21-15-9-10-18-17(12-15)20-13(3)26-18/h6-12H,4-5H2,1-3H3,(H,21,23). The summed E-state index contributed by atoms with van der Waals surface area (Å²) in [5.41, 5.74) is 2.10. The van der Waals surface area contributed by atoms with Gasteiger partial charge in [0.15, 0.2) is 11.5 Å². The first-order valence-electron chi connectivity index (χ1n) is 8.64. The maximum Gasteiger partial charge on any atom is 0.255 e. The number of hydrogen-bond acceptors (Lipinski definition) is 5. The van der Waals surface area contributed by atoms with Crippen LogP contribution in [0.5, 0.6) is 0 Å². The molecule has 3 rings (SSSR count). The lowest BCUT2D eigenvalue weighted by Gasteiger charge is -2.18. The Morgan fingerprint density at radius 3 is 2.59 bits per heavy atom. The van der Waals surface area contributed by atoms with E-state index < -0.39 is 15.9 Å². The molecular weight excluding hydrogens is 366 g/mol. The minimum absolute atomic E-state index is 0.0985. The van der Waals surface area contributed by atoms with Gasteiger partial charge in [0.1, 0.15) is 5.52 Å². The number of rotatable bonds is 6. The minimum Gasteiger partial charge on any atom is -0.441 e. The number of nitrogens with zero attached hydrogens (tertiary/aromatic N) is 2. The highest BCUT2D eigenvalue weighted by atomic mass is 32.2. The van der Waals surface area contributed by atoms with E-state index in [1.807, 2.05) is 0 Å². The van der Waals surface area contributed by atoms with E-state index in [4.69, 9.17) is 4.42 Å². The number of fused-ring (bicyclic) bond motifs is 1.